The van der Waals surface area contributed by atoms with Crippen LogP contribution in [0.4, 0.5) is 16.2 Å². The average molecular weight is 372 g/mol. The molecule has 26 heavy (non-hydrogen) atoms. The molecule has 1 atom stereocenters. The third-order valence-electron chi connectivity index (χ3n) is 4.23. The van der Waals surface area contributed by atoms with Crippen LogP contribution in [-0.2, 0) is 9.59 Å². The summed E-state index contributed by atoms with van der Waals surface area (Å²) in [5.74, 6) is -2.04. The van der Waals surface area contributed by atoms with Crippen LogP contribution in [0.15, 0.2) is 42.5 Å². The standard InChI is InChI=1S/C19H18ClN3O3/c1-11-3-4-12(2)16(9-11)22-17(24)15-10-21-19(26)23(18(15)25)14-7-5-13(20)6-8-14/h3-9,15H,10H2,1-2H3,(H,21,26)(H,22,24). The lowest BCUT2D eigenvalue weighted by molar-refractivity contribution is -0.130. The van der Waals surface area contributed by atoms with Crippen molar-refractivity contribution in [3.8, 4) is 0 Å². The van der Waals surface area contributed by atoms with Crippen LogP contribution in [-0.4, -0.2) is 24.4 Å². The van der Waals surface area contributed by atoms with Gasteiger partial charge in [0.05, 0.1) is 5.69 Å². The highest BCUT2D eigenvalue weighted by Gasteiger charge is 2.39. The zero-order chi connectivity index (χ0) is 18.8. The van der Waals surface area contributed by atoms with E-state index >= 15 is 0 Å². The van der Waals surface area contributed by atoms with Gasteiger partial charge < -0.3 is 10.6 Å². The topological polar surface area (TPSA) is 78.5 Å². The van der Waals surface area contributed by atoms with E-state index in [4.69, 9.17) is 11.6 Å². The van der Waals surface area contributed by atoms with Crippen molar-refractivity contribution >= 4 is 40.8 Å². The minimum Gasteiger partial charge on any atom is -0.336 e. The van der Waals surface area contributed by atoms with Crippen molar-refractivity contribution in [1.29, 1.82) is 0 Å². The van der Waals surface area contributed by atoms with Gasteiger partial charge in [-0.15, -0.1) is 0 Å². The summed E-state index contributed by atoms with van der Waals surface area (Å²) >= 11 is 5.85. The number of imide groups is 1. The second kappa shape index (κ2) is 7.17. The molecule has 6 nitrogen and oxygen atoms in total. The summed E-state index contributed by atoms with van der Waals surface area (Å²) in [6.45, 7) is 3.75. The van der Waals surface area contributed by atoms with Crippen molar-refractivity contribution in [1.82, 2.24) is 5.32 Å². The second-order valence-electron chi connectivity index (χ2n) is 6.20. The Bertz CT molecular complexity index is 880. The quantitative estimate of drug-likeness (QED) is 0.813. The molecule has 1 saturated heterocycles. The van der Waals surface area contributed by atoms with Gasteiger partial charge in [-0.2, -0.15) is 0 Å². The maximum atomic E-state index is 12.8. The first kappa shape index (κ1) is 17.9. The molecular weight excluding hydrogens is 354 g/mol. The number of rotatable bonds is 3. The molecule has 0 aliphatic carbocycles. The number of carbonyl (C=O) groups is 3. The van der Waals surface area contributed by atoms with Gasteiger partial charge in [0.2, 0.25) is 11.8 Å². The fraction of sp³-hybridized carbons (Fsp3) is 0.211. The van der Waals surface area contributed by atoms with Crippen molar-refractivity contribution in [3.63, 3.8) is 0 Å². The number of anilines is 2. The summed E-state index contributed by atoms with van der Waals surface area (Å²) in [6.07, 6.45) is 0. The first-order chi connectivity index (χ1) is 12.4. The third kappa shape index (κ3) is 3.55. The molecule has 134 valence electrons. The molecule has 1 aliphatic heterocycles. The van der Waals surface area contributed by atoms with Gasteiger partial charge >= 0.3 is 6.03 Å². The first-order valence-electron chi connectivity index (χ1n) is 8.12. The maximum Gasteiger partial charge on any atom is 0.328 e. The predicted molar refractivity (Wildman–Crippen MR) is 100 cm³/mol. The van der Waals surface area contributed by atoms with Crippen LogP contribution < -0.4 is 15.5 Å². The molecule has 0 bridgehead atoms. The lowest BCUT2D eigenvalue weighted by atomic mass is 10.0. The number of urea groups is 1. The van der Waals surface area contributed by atoms with Gasteiger partial charge in [0, 0.05) is 17.3 Å². The van der Waals surface area contributed by atoms with Crippen LogP contribution in [0.3, 0.4) is 0 Å². The molecule has 4 amide bonds. The molecule has 7 heteroatoms. The Morgan fingerprint density at radius 3 is 2.54 bits per heavy atom. The monoisotopic (exact) mass is 371 g/mol. The smallest absolute Gasteiger partial charge is 0.328 e. The van der Waals surface area contributed by atoms with Crippen molar-refractivity contribution in [3.05, 3.63) is 58.6 Å². The normalized spacial score (nSPS) is 17.0. The SMILES string of the molecule is Cc1ccc(C)c(NC(=O)C2CNC(=O)N(c3ccc(Cl)cc3)C2=O)c1. The zero-order valence-electron chi connectivity index (χ0n) is 14.4. The van der Waals surface area contributed by atoms with E-state index in [2.05, 4.69) is 10.6 Å². The Hall–Kier alpha value is -2.86. The molecule has 1 aliphatic rings. The van der Waals surface area contributed by atoms with Crippen molar-refractivity contribution in [2.24, 2.45) is 5.92 Å². The van der Waals surface area contributed by atoms with Gasteiger partial charge in [0.1, 0.15) is 5.92 Å². The number of nitrogens with one attached hydrogen (secondary N) is 2. The fourth-order valence-electron chi connectivity index (χ4n) is 2.74. The van der Waals surface area contributed by atoms with Gasteiger partial charge in [0.25, 0.3) is 0 Å². The number of carbonyl (C=O) groups excluding carboxylic acids is 3. The summed E-state index contributed by atoms with van der Waals surface area (Å²) in [5.41, 5.74) is 2.90. The second-order valence-corrected chi connectivity index (χ2v) is 6.63. The van der Waals surface area contributed by atoms with Crippen LogP contribution in [0.1, 0.15) is 11.1 Å². The predicted octanol–water partition coefficient (Wildman–Crippen LogP) is 3.27. The Morgan fingerprint density at radius 1 is 1.15 bits per heavy atom. The van der Waals surface area contributed by atoms with E-state index in [1.165, 1.54) is 0 Å². The molecule has 0 radical (unpaired) electrons. The number of amides is 4. The molecule has 2 N–H and O–H groups in total. The van der Waals surface area contributed by atoms with Crippen LogP contribution >= 0.6 is 11.6 Å². The van der Waals surface area contributed by atoms with Gasteiger partial charge in [-0.05, 0) is 55.3 Å². The van der Waals surface area contributed by atoms with Crippen LogP contribution in [0.2, 0.25) is 5.02 Å². The molecule has 3 rings (SSSR count). The van der Waals surface area contributed by atoms with E-state index in [1.54, 1.807) is 24.3 Å². The number of nitrogens with zero attached hydrogens (tertiary/aromatic N) is 1. The van der Waals surface area contributed by atoms with Gasteiger partial charge in [-0.1, -0.05) is 23.7 Å². The highest BCUT2D eigenvalue weighted by molar-refractivity contribution is 6.30. The lowest BCUT2D eigenvalue weighted by Gasteiger charge is -2.30. The summed E-state index contributed by atoms with van der Waals surface area (Å²) in [7, 11) is 0. The fourth-order valence-corrected chi connectivity index (χ4v) is 2.87. The van der Waals surface area contributed by atoms with E-state index in [9.17, 15) is 14.4 Å². The molecule has 0 saturated carbocycles. The molecule has 1 heterocycles. The van der Waals surface area contributed by atoms with Gasteiger partial charge in [0.15, 0.2) is 0 Å². The highest BCUT2D eigenvalue weighted by atomic mass is 35.5. The number of halogens is 1. The molecule has 0 aromatic heterocycles. The number of hydrogen-bond donors (Lipinski definition) is 2. The summed E-state index contributed by atoms with van der Waals surface area (Å²) in [5, 5.41) is 5.87. The van der Waals surface area contributed by atoms with Gasteiger partial charge in [-0.25, -0.2) is 9.69 Å². The van der Waals surface area contributed by atoms with Crippen LogP contribution in [0, 0.1) is 19.8 Å². The van der Waals surface area contributed by atoms with Crippen molar-refractivity contribution in [2.45, 2.75) is 13.8 Å². The first-order valence-corrected chi connectivity index (χ1v) is 8.50. The van der Waals surface area contributed by atoms with E-state index in [0.717, 1.165) is 16.0 Å². The number of benzene rings is 2. The number of aryl methyl sites for hydroxylation is 2. The van der Waals surface area contributed by atoms with Crippen molar-refractivity contribution < 1.29 is 14.4 Å². The zero-order valence-corrected chi connectivity index (χ0v) is 15.1. The Morgan fingerprint density at radius 2 is 1.85 bits per heavy atom. The Kier molecular flexibility index (Phi) is 4.95. The summed E-state index contributed by atoms with van der Waals surface area (Å²) in [6, 6.07) is 11.4. The third-order valence-corrected chi connectivity index (χ3v) is 4.48. The van der Waals surface area contributed by atoms with Gasteiger partial charge in [-0.3, -0.25) is 9.59 Å². The molecule has 1 unspecified atom stereocenters. The Balaban J connectivity index is 1.82. The minimum absolute atomic E-state index is 0.0432. The van der Waals surface area contributed by atoms with Crippen LogP contribution in [0.5, 0.6) is 0 Å². The molecule has 1 fully saturated rings. The minimum atomic E-state index is -1.01. The molecule has 2 aromatic carbocycles. The average Bonchev–Trinajstić information content (AvgIpc) is 2.60. The lowest BCUT2D eigenvalue weighted by Crippen LogP contribution is -2.58. The van der Waals surface area contributed by atoms with E-state index in [-0.39, 0.29) is 6.54 Å². The van der Waals surface area contributed by atoms with Crippen LogP contribution in [0.25, 0.3) is 0 Å². The summed E-state index contributed by atoms with van der Waals surface area (Å²) in [4.78, 5) is 38.5. The largest absolute Gasteiger partial charge is 0.336 e. The number of hydrogen-bond acceptors (Lipinski definition) is 3. The highest BCUT2D eigenvalue weighted by Crippen LogP contribution is 2.24. The van der Waals surface area contributed by atoms with Crippen molar-refractivity contribution in [2.75, 3.05) is 16.8 Å². The maximum absolute atomic E-state index is 12.8. The molecule has 2 aromatic rings. The van der Waals surface area contributed by atoms with E-state index in [1.807, 2.05) is 32.0 Å². The molecular formula is C19H18ClN3O3. The van der Waals surface area contributed by atoms with E-state index in [0.29, 0.717) is 16.4 Å². The van der Waals surface area contributed by atoms with E-state index < -0.39 is 23.8 Å². The Labute approximate surface area is 156 Å². The molecule has 0 spiro atoms. The summed E-state index contributed by atoms with van der Waals surface area (Å²) < 4.78 is 0.